The van der Waals surface area contributed by atoms with Gasteiger partial charge in [-0.1, -0.05) is 0 Å². The Bertz CT molecular complexity index is 379. The van der Waals surface area contributed by atoms with Crippen molar-refractivity contribution in [2.24, 2.45) is 11.3 Å². The van der Waals surface area contributed by atoms with E-state index in [-0.39, 0.29) is 0 Å². The summed E-state index contributed by atoms with van der Waals surface area (Å²) in [6.45, 7) is 21.4. The van der Waals surface area contributed by atoms with Gasteiger partial charge in [0.05, 0.1) is 0 Å². The van der Waals surface area contributed by atoms with E-state index in [4.69, 9.17) is 4.43 Å². The van der Waals surface area contributed by atoms with Crippen molar-refractivity contribution in [1.29, 1.82) is 0 Å². The zero-order valence-electron chi connectivity index (χ0n) is 20.4. The summed E-state index contributed by atoms with van der Waals surface area (Å²) < 4.78 is 12.9. The normalized spacial score (nSPS) is 13.7. The number of allylic oxidation sites excluding steroid dienone is 1. The van der Waals surface area contributed by atoms with Gasteiger partial charge in [0.1, 0.15) is 0 Å². The molecule has 0 heterocycles. The van der Waals surface area contributed by atoms with Crippen LogP contribution in [-0.2, 0) is 4.43 Å². The summed E-state index contributed by atoms with van der Waals surface area (Å²) in [5, 5.41) is 0. The van der Waals surface area contributed by atoms with Gasteiger partial charge in [0.15, 0.2) is 0 Å². The Morgan fingerprint density at radius 3 is 1.70 bits per heavy atom. The third-order valence-corrected chi connectivity index (χ3v) is 23.1. The van der Waals surface area contributed by atoms with Gasteiger partial charge in [-0.2, -0.15) is 0 Å². The van der Waals surface area contributed by atoms with Gasteiger partial charge in [-0.05, 0) is 0 Å². The first kappa shape index (κ1) is 27.6. The third kappa shape index (κ3) is 10.8. The molecule has 0 aliphatic carbocycles. The van der Waals surface area contributed by atoms with Gasteiger partial charge in [0.2, 0.25) is 0 Å². The molecule has 0 N–H and O–H groups in total. The van der Waals surface area contributed by atoms with Crippen LogP contribution in [0.3, 0.4) is 0 Å². The van der Waals surface area contributed by atoms with Crippen molar-refractivity contribution in [2.75, 3.05) is 0 Å². The van der Waals surface area contributed by atoms with Crippen LogP contribution in [0, 0.1) is 11.3 Å². The van der Waals surface area contributed by atoms with Gasteiger partial charge in [-0.15, -0.1) is 0 Å². The fraction of sp³-hybridized carbons (Fsp3) is 0.917. The number of hydrogen-bond acceptors (Lipinski definition) is 1. The molecule has 0 amide bonds. The monoisotopic (exact) mass is 504 g/mol. The van der Waals surface area contributed by atoms with E-state index < -0.39 is 27.4 Å². The van der Waals surface area contributed by atoms with E-state index >= 15 is 0 Å². The fourth-order valence-electron chi connectivity index (χ4n) is 3.80. The second kappa shape index (κ2) is 14.5. The van der Waals surface area contributed by atoms with Gasteiger partial charge in [0, 0.05) is 0 Å². The van der Waals surface area contributed by atoms with E-state index in [2.05, 4.69) is 67.6 Å². The summed E-state index contributed by atoms with van der Waals surface area (Å²) in [4.78, 5) is 0. The Labute approximate surface area is 178 Å². The van der Waals surface area contributed by atoms with Crippen molar-refractivity contribution >= 4 is 27.4 Å². The summed E-state index contributed by atoms with van der Waals surface area (Å²) >= 11 is -2.42. The van der Waals surface area contributed by atoms with Crippen LogP contribution >= 0.6 is 0 Å². The maximum atomic E-state index is 6.78. The quantitative estimate of drug-likeness (QED) is 0.151. The number of hydrogen-bond donors (Lipinski definition) is 0. The van der Waals surface area contributed by atoms with Gasteiger partial charge in [-0.25, -0.2) is 0 Å². The molecule has 0 saturated carbocycles. The first-order valence-electron chi connectivity index (χ1n) is 12.0. The molecule has 0 radical (unpaired) electrons. The minimum atomic E-state index is -2.42. The number of unbranched alkanes of at least 4 members (excludes halogenated alkanes) is 3. The van der Waals surface area contributed by atoms with Crippen molar-refractivity contribution < 1.29 is 4.43 Å². The van der Waals surface area contributed by atoms with Gasteiger partial charge < -0.3 is 0 Å². The Balaban J connectivity index is 5.68. The zero-order chi connectivity index (χ0) is 20.9. The van der Waals surface area contributed by atoms with Crippen molar-refractivity contribution in [3.8, 4) is 0 Å². The molecule has 0 spiro atoms. The summed E-state index contributed by atoms with van der Waals surface area (Å²) in [6, 6.07) is 0. The van der Waals surface area contributed by atoms with Crippen molar-refractivity contribution in [2.45, 2.75) is 126 Å². The van der Waals surface area contributed by atoms with Gasteiger partial charge in [-0.3, -0.25) is 0 Å². The molecular weight excluding hydrogens is 451 g/mol. The van der Waals surface area contributed by atoms with Crippen LogP contribution in [0.15, 0.2) is 9.85 Å². The average Bonchev–Trinajstić information content (AvgIpc) is 2.60. The second-order valence-electron chi connectivity index (χ2n) is 10.0. The molecule has 0 aromatic heterocycles. The average molecular weight is 503 g/mol. The molecule has 0 rings (SSSR count). The molecule has 0 aliphatic heterocycles. The first-order valence-corrected chi connectivity index (χ1v) is 22.3. The second-order valence-corrected chi connectivity index (χ2v) is 25.3. The van der Waals surface area contributed by atoms with Crippen LogP contribution in [0.2, 0.25) is 26.4 Å². The Hall–Kier alpha value is 0.556. The van der Waals surface area contributed by atoms with Crippen molar-refractivity contribution in [3.05, 3.63) is 9.85 Å². The molecule has 0 aromatic rings. The summed E-state index contributed by atoms with van der Waals surface area (Å²) in [5.41, 5.74) is 0.422. The molecule has 3 heteroatoms. The predicted octanol–water partition coefficient (Wildman–Crippen LogP) is 8.72. The standard InChI is InChI=1S/C12H25OSi.3C4H9.Sn/c1-11(2)12(3,4)9-7-8-10-13-14(5)6;3*1-3-4-2;/h8,11,14H,7,9H2,1-6H3;3*1,3-4H2,2H3;. The van der Waals surface area contributed by atoms with E-state index in [0.29, 0.717) is 5.41 Å². The molecule has 0 fully saturated rings. The number of rotatable bonds is 16. The van der Waals surface area contributed by atoms with Crippen LogP contribution in [0.1, 0.15) is 99.8 Å². The third-order valence-electron chi connectivity index (χ3n) is 6.59. The topological polar surface area (TPSA) is 9.23 Å². The minimum absolute atomic E-state index is 0.422. The Morgan fingerprint density at radius 1 is 0.926 bits per heavy atom. The SMILES string of the molecule is CCC[CH2][Sn]([CH2]CCC)([CH2]CCC)[C](=CCCC(C)(C)C(C)C)O[SiH](C)C. The van der Waals surface area contributed by atoms with Crippen LogP contribution in [0.25, 0.3) is 0 Å². The van der Waals surface area contributed by atoms with Crippen molar-refractivity contribution in [1.82, 2.24) is 0 Å². The maximum absolute atomic E-state index is 6.78. The molecule has 0 aromatic carbocycles. The van der Waals surface area contributed by atoms with E-state index in [1.165, 1.54) is 64.7 Å². The van der Waals surface area contributed by atoms with Gasteiger partial charge >= 0.3 is 179 Å². The van der Waals surface area contributed by atoms with E-state index in [1.807, 2.05) is 0 Å². The molecule has 1 nitrogen and oxygen atoms in total. The van der Waals surface area contributed by atoms with Crippen LogP contribution < -0.4 is 0 Å². The molecule has 0 bridgehead atoms. The first-order chi connectivity index (χ1) is 12.6. The molecule has 162 valence electrons. The van der Waals surface area contributed by atoms with E-state index in [9.17, 15) is 0 Å². The Morgan fingerprint density at radius 2 is 1.37 bits per heavy atom. The van der Waals surface area contributed by atoms with Crippen LogP contribution in [0.4, 0.5) is 0 Å². The molecule has 0 saturated heterocycles. The van der Waals surface area contributed by atoms with Crippen LogP contribution in [-0.4, -0.2) is 27.4 Å². The molecular formula is C24H52OSiSn. The Kier molecular flexibility index (Phi) is 14.8. The summed E-state index contributed by atoms with van der Waals surface area (Å²) in [7, 11) is -1.05. The molecule has 0 unspecified atom stereocenters. The van der Waals surface area contributed by atoms with E-state index in [1.54, 1.807) is 3.78 Å². The zero-order valence-corrected chi connectivity index (χ0v) is 24.4. The summed E-state index contributed by atoms with van der Waals surface area (Å²) in [6.07, 6.45) is 13.4. The van der Waals surface area contributed by atoms with Gasteiger partial charge in [0.25, 0.3) is 0 Å². The molecule has 27 heavy (non-hydrogen) atoms. The van der Waals surface area contributed by atoms with Crippen LogP contribution in [0.5, 0.6) is 0 Å². The predicted molar refractivity (Wildman–Crippen MR) is 131 cm³/mol. The van der Waals surface area contributed by atoms with E-state index in [0.717, 1.165) is 5.92 Å². The molecule has 0 atom stereocenters. The van der Waals surface area contributed by atoms with Crippen molar-refractivity contribution in [3.63, 3.8) is 0 Å². The summed E-state index contributed by atoms with van der Waals surface area (Å²) in [5.74, 6) is 0.739. The molecule has 0 aliphatic rings. The fourth-order valence-corrected chi connectivity index (χ4v) is 23.5.